The minimum absolute atomic E-state index is 0.0913. The fourth-order valence-corrected chi connectivity index (χ4v) is 4.15. The Kier molecular flexibility index (Phi) is 6.22. The first-order valence-electron chi connectivity index (χ1n) is 9.64. The molecule has 0 spiro atoms. The van der Waals surface area contributed by atoms with Crippen molar-refractivity contribution in [2.24, 2.45) is 0 Å². The molecule has 1 aliphatic heterocycles. The maximum Gasteiger partial charge on any atom is 0.416 e. The van der Waals surface area contributed by atoms with Crippen molar-refractivity contribution in [3.05, 3.63) is 35.4 Å². The molecule has 1 amide bonds. The van der Waals surface area contributed by atoms with E-state index in [0.717, 1.165) is 56.3 Å². The number of carbonyl (C=O) groups excluding carboxylic acids is 1. The van der Waals surface area contributed by atoms with E-state index in [1.807, 2.05) is 0 Å². The Morgan fingerprint density at radius 1 is 1.04 bits per heavy atom. The topological polar surface area (TPSA) is 32.3 Å². The fourth-order valence-electron chi connectivity index (χ4n) is 4.15. The summed E-state index contributed by atoms with van der Waals surface area (Å²) in [6.07, 6.45) is 3.73. The van der Waals surface area contributed by atoms with Crippen LogP contribution in [0.25, 0.3) is 0 Å². The zero-order valence-electron chi connectivity index (χ0n) is 15.0. The summed E-state index contributed by atoms with van der Waals surface area (Å²) >= 11 is 0. The van der Waals surface area contributed by atoms with Gasteiger partial charge in [-0.1, -0.05) is 31.4 Å². The molecule has 1 aromatic carbocycles. The monoisotopic (exact) mass is 368 g/mol. The number of amides is 1. The highest BCUT2D eigenvalue weighted by atomic mass is 19.4. The molecule has 1 atom stereocenters. The van der Waals surface area contributed by atoms with Crippen LogP contribution in [0.2, 0.25) is 0 Å². The summed E-state index contributed by atoms with van der Waals surface area (Å²) in [5.41, 5.74) is 0.299. The summed E-state index contributed by atoms with van der Waals surface area (Å²) in [6, 6.07) is 5.93. The molecule has 1 heterocycles. The summed E-state index contributed by atoms with van der Waals surface area (Å²) < 4.78 is 38.3. The first kappa shape index (κ1) is 19.2. The van der Waals surface area contributed by atoms with Crippen molar-refractivity contribution >= 4 is 5.91 Å². The first-order chi connectivity index (χ1) is 12.4. The number of rotatable bonds is 5. The van der Waals surface area contributed by atoms with Crippen LogP contribution >= 0.6 is 0 Å². The standard InChI is InChI=1S/C20H27F3N2O/c21-20(22,23)16-10-8-15(9-11-16)18-7-3-4-13-25(18)14-12-19(26)24-17-5-1-2-6-17/h8-11,17-18H,1-7,12-14H2,(H,24,26). The van der Waals surface area contributed by atoms with Crippen molar-refractivity contribution in [2.75, 3.05) is 13.1 Å². The fraction of sp³-hybridized carbons (Fsp3) is 0.650. The number of alkyl halides is 3. The zero-order valence-corrected chi connectivity index (χ0v) is 15.0. The third-order valence-corrected chi connectivity index (χ3v) is 5.58. The van der Waals surface area contributed by atoms with E-state index in [-0.39, 0.29) is 11.9 Å². The third-order valence-electron chi connectivity index (χ3n) is 5.58. The molecule has 1 aromatic rings. The molecule has 1 N–H and O–H groups in total. The summed E-state index contributed by atoms with van der Waals surface area (Å²) in [4.78, 5) is 14.4. The summed E-state index contributed by atoms with van der Waals surface area (Å²) in [7, 11) is 0. The molecule has 6 heteroatoms. The molecule has 1 saturated carbocycles. The highest BCUT2D eigenvalue weighted by Gasteiger charge is 2.31. The average Bonchev–Trinajstić information content (AvgIpc) is 3.12. The van der Waals surface area contributed by atoms with Crippen molar-refractivity contribution in [3.63, 3.8) is 0 Å². The molecule has 1 unspecified atom stereocenters. The zero-order chi connectivity index (χ0) is 18.6. The van der Waals surface area contributed by atoms with Gasteiger partial charge >= 0.3 is 6.18 Å². The van der Waals surface area contributed by atoms with Crippen LogP contribution < -0.4 is 5.32 Å². The predicted molar refractivity (Wildman–Crippen MR) is 94.6 cm³/mol. The molecular weight excluding hydrogens is 341 g/mol. The SMILES string of the molecule is O=C(CCN1CCCCC1c1ccc(C(F)(F)F)cc1)NC1CCCC1. The van der Waals surface area contributed by atoms with E-state index in [0.29, 0.717) is 19.0 Å². The van der Waals surface area contributed by atoms with Gasteiger partial charge in [0.05, 0.1) is 5.56 Å². The van der Waals surface area contributed by atoms with Gasteiger partial charge in [0.2, 0.25) is 5.91 Å². The van der Waals surface area contributed by atoms with Crippen LogP contribution in [-0.4, -0.2) is 29.9 Å². The molecule has 26 heavy (non-hydrogen) atoms. The van der Waals surface area contributed by atoms with E-state index in [9.17, 15) is 18.0 Å². The van der Waals surface area contributed by atoms with Gasteiger partial charge in [0, 0.05) is 25.0 Å². The minimum atomic E-state index is -4.30. The van der Waals surface area contributed by atoms with E-state index in [1.54, 1.807) is 12.1 Å². The molecule has 144 valence electrons. The Balaban J connectivity index is 1.57. The number of hydrogen-bond acceptors (Lipinski definition) is 2. The number of hydrogen-bond donors (Lipinski definition) is 1. The number of benzene rings is 1. The van der Waals surface area contributed by atoms with Crippen LogP contribution in [0.1, 0.15) is 68.5 Å². The molecule has 2 aliphatic rings. The van der Waals surface area contributed by atoms with Crippen molar-refractivity contribution < 1.29 is 18.0 Å². The lowest BCUT2D eigenvalue weighted by Crippen LogP contribution is -2.38. The molecule has 3 nitrogen and oxygen atoms in total. The van der Waals surface area contributed by atoms with Crippen molar-refractivity contribution in [1.82, 2.24) is 10.2 Å². The van der Waals surface area contributed by atoms with Crippen LogP contribution in [0.4, 0.5) is 13.2 Å². The molecule has 3 rings (SSSR count). The van der Waals surface area contributed by atoms with Crippen LogP contribution in [0, 0.1) is 0 Å². The number of halogens is 3. The minimum Gasteiger partial charge on any atom is -0.353 e. The number of nitrogens with zero attached hydrogens (tertiary/aromatic N) is 1. The number of nitrogens with one attached hydrogen (secondary N) is 1. The van der Waals surface area contributed by atoms with E-state index in [4.69, 9.17) is 0 Å². The smallest absolute Gasteiger partial charge is 0.353 e. The molecule has 1 aliphatic carbocycles. The quantitative estimate of drug-likeness (QED) is 0.818. The second-order valence-electron chi connectivity index (χ2n) is 7.47. The normalized spacial score (nSPS) is 22.5. The van der Waals surface area contributed by atoms with Crippen LogP contribution in [0.3, 0.4) is 0 Å². The largest absolute Gasteiger partial charge is 0.416 e. The van der Waals surface area contributed by atoms with Crippen LogP contribution in [0.5, 0.6) is 0 Å². The first-order valence-corrected chi connectivity index (χ1v) is 9.64. The second-order valence-corrected chi connectivity index (χ2v) is 7.47. The van der Waals surface area contributed by atoms with E-state index >= 15 is 0 Å². The van der Waals surface area contributed by atoms with E-state index in [2.05, 4.69) is 10.2 Å². The van der Waals surface area contributed by atoms with Gasteiger partial charge in [-0.15, -0.1) is 0 Å². The highest BCUT2D eigenvalue weighted by molar-refractivity contribution is 5.76. The Morgan fingerprint density at radius 3 is 2.35 bits per heavy atom. The maximum absolute atomic E-state index is 12.8. The van der Waals surface area contributed by atoms with Gasteiger partial charge in [-0.05, 0) is 49.9 Å². The second kappa shape index (κ2) is 8.42. The Morgan fingerprint density at radius 2 is 1.69 bits per heavy atom. The highest BCUT2D eigenvalue weighted by Crippen LogP contribution is 2.34. The molecule has 0 bridgehead atoms. The van der Waals surface area contributed by atoms with Gasteiger partial charge in [-0.25, -0.2) is 0 Å². The Labute approximate surface area is 152 Å². The lowest BCUT2D eigenvalue weighted by atomic mass is 9.94. The van der Waals surface area contributed by atoms with Crippen LogP contribution in [0.15, 0.2) is 24.3 Å². The lowest BCUT2D eigenvalue weighted by Gasteiger charge is -2.36. The number of likely N-dealkylation sites (tertiary alicyclic amines) is 1. The number of carbonyl (C=O) groups is 1. The Hall–Kier alpha value is -1.56. The van der Waals surface area contributed by atoms with Gasteiger partial charge in [0.1, 0.15) is 0 Å². The lowest BCUT2D eigenvalue weighted by molar-refractivity contribution is -0.137. The van der Waals surface area contributed by atoms with E-state index in [1.165, 1.54) is 12.8 Å². The molecular formula is C20H27F3N2O. The number of piperidine rings is 1. The van der Waals surface area contributed by atoms with Gasteiger partial charge in [0.25, 0.3) is 0 Å². The average molecular weight is 368 g/mol. The van der Waals surface area contributed by atoms with Crippen molar-refractivity contribution in [1.29, 1.82) is 0 Å². The molecule has 0 aromatic heterocycles. The summed E-state index contributed by atoms with van der Waals surface area (Å²) in [5, 5.41) is 3.11. The van der Waals surface area contributed by atoms with Crippen molar-refractivity contribution in [3.8, 4) is 0 Å². The van der Waals surface area contributed by atoms with Gasteiger partial charge < -0.3 is 5.32 Å². The third kappa shape index (κ3) is 5.00. The predicted octanol–water partition coefficient (Wildman–Crippen LogP) is 4.68. The molecule has 1 saturated heterocycles. The van der Waals surface area contributed by atoms with Gasteiger partial charge in [-0.2, -0.15) is 13.2 Å². The summed E-state index contributed by atoms with van der Waals surface area (Å²) in [6.45, 7) is 1.55. The van der Waals surface area contributed by atoms with Crippen molar-refractivity contribution in [2.45, 2.75) is 69.6 Å². The van der Waals surface area contributed by atoms with Gasteiger partial charge in [0.15, 0.2) is 0 Å². The van der Waals surface area contributed by atoms with Gasteiger partial charge in [-0.3, -0.25) is 9.69 Å². The molecule has 2 fully saturated rings. The van der Waals surface area contributed by atoms with E-state index < -0.39 is 11.7 Å². The van der Waals surface area contributed by atoms with Crippen LogP contribution in [-0.2, 0) is 11.0 Å². The maximum atomic E-state index is 12.8. The summed E-state index contributed by atoms with van der Waals surface area (Å²) in [5.74, 6) is 0.0913. The Bertz CT molecular complexity index is 594. The molecule has 0 radical (unpaired) electrons.